The Labute approximate surface area is 151 Å². The number of likely N-dealkylation sites (tertiary alicyclic amines) is 1. The Morgan fingerprint density at radius 3 is 2.39 bits per heavy atom. The molecule has 1 amide bonds. The average molecular weight is 360 g/mol. The molecule has 0 aromatic heterocycles. The van der Waals surface area contributed by atoms with E-state index in [1.165, 1.54) is 37.1 Å². The SMILES string of the molecule is Cl.Cl.O=C(NCc1ccc(CN2CCCC2)cc1)C1CCNC1. The first-order valence-corrected chi connectivity index (χ1v) is 8.10. The molecule has 0 spiro atoms. The summed E-state index contributed by atoms with van der Waals surface area (Å²) in [5.74, 6) is 0.334. The number of rotatable bonds is 5. The second-order valence-electron chi connectivity index (χ2n) is 6.21. The van der Waals surface area contributed by atoms with Gasteiger partial charge in [-0.25, -0.2) is 0 Å². The maximum absolute atomic E-state index is 12.0. The van der Waals surface area contributed by atoms with Gasteiger partial charge in [0.05, 0.1) is 5.92 Å². The molecular formula is C17H27Cl2N3O. The van der Waals surface area contributed by atoms with Crippen molar-refractivity contribution in [2.24, 2.45) is 5.92 Å². The summed E-state index contributed by atoms with van der Waals surface area (Å²) in [6, 6.07) is 8.66. The van der Waals surface area contributed by atoms with E-state index in [4.69, 9.17) is 0 Å². The van der Waals surface area contributed by atoms with E-state index in [1.54, 1.807) is 0 Å². The fraction of sp³-hybridized carbons (Fsp3) is 0.588. The fourth-order valence-corrected chi connectivity index (χ4v) is 3.17. The van der Waals surface area contributed by atoms with Crippen molar-refractivity contribution in [3.05, 3.63) is 35.4 Å². The standard InChI is InChI=1S/C17H25N3O.2ClH/c21-17(16-7-8-18-12-16)19-11-14-3-5-15(6-4-14)13-20-9-1-2-10-20;;/h3-6,16,18H,1-2,7-13H2,(H,19,21);2*1H. The van der Waals surface area contributed by atoms with Crippen LogP contribution in [0.15, 0.2) is 24.3 Å². The van der Waals surface area contributed by atoms with E-state index in [0.29, 0.717) is 6.54 Å². The highest BCUT2D eigenvalue weighted by Gasteiger charge is 2.21. The lowest BCUT2D eigenvalue weighted by molar-refractivity contribution is -0.124. The number of carbonyl (C=O) groups excluding carboxylic acids is 1. The van der Waals surface area contributed by atoms with Crippen LogP contribution in [0.25, 0.3) is 0 Å². The minimum Gasteiger partial charge on any atom is -0.352 e. The van der Waals surface area contributed by atoms with Gasteiger partial charge in [-0.1, -0.05) is 24.3 Å². The van der Waals surface area contributed by atoms with Crippen LogP contribution in [0.3, 0.4) is 0 Å². The Hall–Kier alpha value is -0.810. The largest absolute Gasteiger partial charge is 0.352 e. The summed E-state index contributed by atoms with van der Waals surface area (Å²) in [6.45, 7) is 5.93. The number of benzene rings is 1. The number of nitrogens with zero attached hydrogens (tertiary/aromatic N) is 1. The Morgan fingerprint density at radius 1 is 1.13 bits per heavy atom. The third-order valence-electron chi connectivity index (χ3n) is 4.53. The van der Waals surface area contributed by atoms with E-state index in [1.807, 2.05) is 0 Å². The molecule has 23 heavy (non-hydrogen) atoms. The van der Waals surface area contributed by atoms with Crippen LogP contribution in [0.1, 0.15) is 30.4 Å². The molecule has 0 aliphatic carbocycles. The maximum Gasteiger partial charge on any atom is 0.224 e. The van der Waals surface area contributed by atoms with Crippen molar-refractivity contribution >= 4 is 30.7 Å². The van der Waals surface area contributed by atoms with E-state index >= 15 is 0 Å². The van der Waals surface area contributed by atoms with Crippen molar-refractivity contribution in [3.63, 3.8) is 0 Å². The summed E-state index contributed by atoms with van der Waals surface area (Å²) in [4.78, 5) is 14.5. The number of hydrogen-bond donors (Lipinski definition) is 2. The monoisotopic (exact) mass is 359 g/mol. The summed E-state index contributed by atoms with van der Waals surface area (Å²) < 4.78 is 0. The van der Waals surface area contributed by atoms with Crippen LogP contribution in [-0.2, 0) is 17.9 Å². The molecule has 2 heterocycles. The van der Waals surface area contributed by atoms with E-state index in [9.17, 15) is 4.79 Å². The summed E-state index contributed by atoms with van der Waals surface area (Å²) in [7, 11) is 0. The molecule has 2 N–H and O–H groups in total. The van der Waals surface area contributed by atoms with Crippen molar-refractivity contribution in [1.82, 2.24) is 15.5 Å². The van der Waals surface area contributed by atoms with E-state index < -0.39 is 0 Å². The Morgan fingerprint density at radius 2 is 1.78 bits per heavy atom. The molecule has 2 aliphatic rings. The first kappa shape index (κ1) is 20.2. The van der Waals surface area contributed by atoms with Gasteiger partial charge in [0.2, 0.25) is 5.91 Å². The number of halogens is 2. The Bertz CT molecular complexity index is 469. The third-order valence-corrected chi connectivity index (χ3v) is 4.53. The zero-order valence-corrected chi connectivity index (χ0v) is 15.1. The van der Waals surface area contributed by atoms with Crippen molar-refractivity contribution < 1.29 is 4.79 Å². The van der Waals surface area contributed by atoms with Gasteiger partial charge in [-0.05, 0) is 50.0 Å². The van der Waals surface area contributed by atoms with E-state index in [2.05, 4.69) is 39.8 Å². The van der Waals surface area contributed by atoms with Crippen LogP contribution in [0, 0.1) is 5.92 Å². The first-order chi connectivity index (χ1) is 10.3. The lowest BCUT2D eigenvalue weighted by Crippen LogP contribution is -2.31. The molecule has 1 aromatic carbocycles. The number of nitrogens with one attached hydrogen (secondary N) is 2. The van der Waals surface area contributed by atoms with Gasteiger partial charge < -0.3 is 10.6 Å². The molecule has 1 unspecified atom stereocenters. The quantitative estimate of drug-likeness (QED) is 0.847. The average Bonchev–Trinajstić information content (AvgIpc) is 3.19. The zero-order chi connectivity index (χ0) is 14.5. The molecule has 0 bridgehead atoms. The number of amides is 1. The molecule has 2 saturated heterocycles. The lowest BCUT2D eigenvalue weighted by atomic mass is 10.1. The predicted octanol–water partition coefficient (Wildman–Crippen LogP) is 2.35. The van der Waals surface area contributed by atoms with E-state index in [0.717, 1.165) is 26.1 Å². The molecule has 130 valence electrons. The summed E-state index contributed by atoms with van der Waals surface area (Å²) >= 11 is 0. The Kier molecular flexibility index (Phi) is 8.92. The topological polar surface area (TPSA) is 44.4 Å². The van der Waals surface area contributed by atoms with Crippen LogP contribution in [0.2, 0.25) is 0 Å². The van der Waals surface area contributed by atoms with Crippen molar-refractivity contribution in [1.29, 1.82) is 0 Å². The molecule has 1 atom stereocenters. The maximum atomic E-state index is 12.0. The minimum atomic E-state index is 0. The summed E-state index contributed by atoms with van der Waals surface area (Å²) in [5.41, 5.74) is 2.55. The summed E-state index contributed by atoms with van der Waals surface area (Å²) in [5, 5.41) is 6.27. The normalized spacial score (nSPS) is 20.6. The molecule has 0 saturated carbocycles. The fourth-order valence-electron chi connectivity index (χ4n) is 3.17. The highest BCUT2D eigenvalue weighted by Crippen LogP contribution is 2.13. The van der Waals surface area contributed by atoms with Crippen molar-refractivity contribution in [3.8, 4) is 0 Å². The van der Waals surface area contributed by atoms with Crippen molar-refractivity contribution in [2.45, 2.75) is 32.4 Å². The molecule has 2 aliphatic heterocycles. The van der Waals surface area contributed by atoms with Gasteiger partial charge in [0.25, 0.3) is 0 Å². The van der Waals surface area contributed by atoms with Gasteiger partial charge in [0.15, 0.2) is 0 Å². The number of hydrogen-bond acceptors (Lipinski definition) is 3. The highest BCUT2D eigenvalue weighted by molar-refractivity contribution is 5.85. The molecule has 0 radical (unpaired) electrons. The van der Waals surface area contributed by atoms with Gasteiger partial charge in [0, 0.05) is 19.6 Å². The van der Waals surface area contributed by atoms with Crippen LogP contribution in [0.5, 0.6) is 0 Å². The van der Waals surface area contributed by atoms with Gasteiger partial charge >= 0.3 is 0 Å². The van der Waals surface area contributed by atoms with Crippen LogP contribution in [0.4, 0.5) is 0 Å². The van der Waals surface area contributed by atoms with Gasteiger partial charge in [-0.3, -0.25) is 9.69 Å². The molecule has 1 aromatic rings. The smallest absolute Gasteiger partial charge is 0.224 e. The van der Waals surface area contributed by atoms with Crippen LogP contribution >= 0.6 is 24.8 Å². The molecule has 6 heteroatoms. The highest BCUT2D eigenvalue weighted by atomic mass is 35.5. The van der Waals surface area contributed by atoms with Crippen LogP contribution < -0.4 is 10.6 Å². The molecule has 4 nitrogen and oxygen atoms in total. The lowest BCUT2D eigenvalue weighted by Gasteiger charge is -2.15. The molecule has 2 fully saturated rings. The Balaban J connectivity index is 0.00000132. The van der Waals surface area contributed by atoms with Gasteiger partial charge in [-0.15, -0.1) is 24.8 Å². The number of carbonyl (C=O) groups is 1. The van der Waals surface area contributed by atoms with E-state index in [-0.39, 0.29) is 36.6 Å². The van der Waals surface area contributed by atoms with Gasteiger partial charge in [-0.2, -0.15) is 0 Å². The van der Waals surface area contributed by atoms with Crippen molar-refractivity contribution in [2.75, 3.05) is 26.2 Å². The zero-order valence-electron chi connectivity index (χ0n) is 13.4. The second-order valence-corrected chi connectivity index (χ2v) is 6.21. The first-order valence-electron chi connectivity index (χ1n) is 8.10. The second kappa shape index (κ2) is 10.1. The third kappa shape index (κ3) is 5.96. The predicted molar refractivity (Wildman–Crippen MR) is 98.3 cm³/mol. The van der Waals surface area contributed by atoms with Crippen LogP contribution in [-0.4, -0.2) is 37.0 Å². The molecule has 3 rings (SSSR count). The minimum absolute atomic E-state index is 0. The van der Waals surface area contributed by atoms with Gasteiger partial charge in [0.1, 0.15) is 0 Å². The molecular weight excluding hydrogens is 333 g/mol. The summed E-state index contributed by atoms with van der Waals surface area (Å²) in [6.07, 6.45) is 3.63.